The fraction of sp³-hybridized carbons (Fsp3) is 0.250. The second-order valence-corrected chi connectivity index (χ2v) is 4.65. The Kier molecular flexibility index (Phi) is 2.93. The summed E-state index contributed by atoms with van der Waals surface area (Å²) >= 11 is 0. The Hall–Kier alpha value is -1.60. The van der Waals surface area contributed by atoms with Gasteiger partial charge in [0.25, 0.3) is 0 Å². The predicted molar refractivity (Wildman–Crippen MR) is 71.0 cm³/mol. The Morgan fingerprint density at radius 2 is 1.35 bits per heavy atom. The van der Waals surface area contributed by atoms with Crippen molar-refractivity contribution >= 4 is 0 Å². The highest BCUT2D eigenvalue weighted by Crippen LogP contribution is 2.37. The minimum atomic E-state index is 0.471. The third-order valence-electron chi connectivity index (χ3n) is 3.61. The van der Waals surface area contributed by atoms with Gasteiger partial charge >= 0.3 is 0 Å². The minimum Gasteiger partial charge on any atom is -0.309 e. The molecule has 0 saturated carbocycles. The molecule has 1 nitrogen and oxygen atoms in total. The molecule has 1 saturated heterocycles. The Balaban J connectivity index is 1.91. The van der Waals surface area contributed by atoms with Gasteiger partial charge in [-0.1, -0.05) is 60.7 Å². The van der Waals surface area contributed by atoms with Gasteiger partial charge < -0.3 is 5.32 Å². The van der Waals surface area contributed by atoms with Gasteiger partial charge in [0, 0.05) is 12.0 Å². The Labute approximate surface area is 102 Å². The average molecular weight is 223 g/mol. The monoisotopic (exact) mass is 223 g/mol. The van der Waals surface area contributed by atoms with Gasteiger partial charge in [-0.3, -0.25) is 0 Å². The quantitative estimate of drug-likeness (QED) is 0.821. The molecule has 0 aliphatic carbocycles. The van der Waals surface area contributed by atoms with E-state index in [9.17, 15) is 0 Å². The molecule has 3 rings (SSSR count). The summed E-state index contributed by atoms with van der Waals surface area (Å²) in [7, 11) is 0. The lowest BCUT2D eigenvalue weighted by atomic mass is 9.88. The second kappa shape index (κ2) is 4.72. The van der Waals surface area contributed by atoms with Gasteiger partial charge in [0.2, 0.25) is 0 Å². The number of hydrogen-bond acceptors (Lipinski definition) is 1. The van der Waals surface area contributed by atoms with Crippen LogP contribution in [0.4, 0.5) is 0 Å². The van der Waals surface area contributed by atoms with Crippen LogP contribution >= 0.6 is 0 Å². The van der Waals surface area contributed by atoms with Gasteiger partial charge in [0.05, 0.1) is 0 Å². The fourth-order valence-corrected chi connectivity index (χ4v) is 2.77. The summed E-state index contributed by atoms with van der Waals surface area (Å²) in [6, 6.07) is 22.1. The smallest absolute Gasteiger partial charge is 0.0390 e. The molecule has 0 spiro atoms. The van der Waals surface area contributed by atoms with E-state index >= 15 is 0 Å². The Morgan fingerprint density at radius 1 is 0.765 bits per heavy atom. The van der Waals surface area contributed by atoms with E-state index in [1.165, 1.54) is 17.5 Å². The SMILES string of the molecule is c1ccc([C@@H]2CCN[C@H]2c2ccccc2)cc1. The molecule has 1 heteroatoms. The van der Waals surface area contributed by atoms with E-state index < -0.39 is 0 Å². The first-order valence-corrected chi connectivity index (χ1v) is 6.28. The van der Waals surface area contributed by atoms with Crippen LogP contribution in [-0.4, -0.2) is 6.54 Å². The summed E-state index contributed by atoms with van der Waals surface area (Å²) in [4.78, 5) is 0. The van der Waals surface area contributed by atoms with E-state index in [-0.39, 0.29) is 0 Å². The lowest BCUT2D eigenvalue weighted by molar-refractivity contribution is 0.578. The molecular weight excluding hydrogens is 206 g/mol. The van der Waals surface area contributed by atoms with Gasteiger partial charge in [-0.05, 0) is 24.1 Å². The lowest BCUT2D eigenvalue weighted by Crippen LogP contribution is -2.16. The molecule has 0 amide bonds. The van der Waals surface area contributed by atoms with Crippen molar-refractivity contribution in [3.8, 4) is 0 Å². The summed E-state index contributed by atoms with van der Waals surface area (Å²) in [5.41, 5.74) is 2.85. The van der Waals surface area contributed by atoms with Crippen molar-refractivity contribution in [2.75, 3.05) is 6.54 Å². The molecule has 0 unspecified atom stereocenters. The van der Waals surface area contributed by atoms with Crippen molar-refractivity contribution in [1.82, 2.24) is 5.32 Å². The maximum absolute atomic E-state index is 3.62. The zero-order valence-corrected chi connectivity index (χ0v) is 9.84. The van der Waals surface area contributed by atoms with Crippen molar-refractivity contribution in [3.05, 3.63) is 71.8 Å². The van der Waals surface area contributed by atoms with Crippen LogP contribution in [0.15, 0.2) is 60.7 Å². The minimum absolute atomic E-state index is 0.471. The Bertz CT molecular complexity index is 418. The topological polar surface area (TPSA) is 12.0 Å². The number of rotatable bonds is 2. The van der Waals surface area contributed by atoms with E-state index in [0.29, 0.717) is 12.0 Å². The van der Waals surface area contributed by atoms with E-state index in [2.05, 4.69) is 66.0 Å². The van der Waals surface area contributed by atoms with Gasteiger partial charge in [0.1, 0.15) is 0 Å². The molecule has 0 aromatic heterocycles. The molecule has 86 valence electrons. The largest absolute Gasteiger partial charge is 0.309 e. The normalized spacial score (nSPS) is 23.8. The average Bonchev–Trinajstić information content (AvgIpc) is 2.90. The number of nitrogens with one attached hydrogen (secondary N) is 1. The summed E-state index contributed by atoms with van der Waals surface area (Å²) in [6.45, 7) is 1.11. The van der Waals surface area contributed by atoms with Crippen LogP contribution in [0.25, 0.3) is 0 Å². The first kappa shape index (κ1) is 10.5. The summed E-state index contributed by atoms with van der Waals surface area (Å²) in [5.74, 6) is 0.610. The highest BCUT2D eigenvalue weighted by molar-refractivity contribution is 5.29. The van der Waals surface area contributed by atoms with Crippen molar-refractivity contribution in [2.24, 2.45) is 0 Å². The van der Waals surface area contributed by atoms with Crippen molar-refractivity contribution in [3.63, 3.8) is 0 Å². The molecular formula is C16H17N. The van der Waals surface area contributed by atoms with Gasteiger partial charge in [0.15, 0.2) is 0 Å². The van der Waals surface area contributed by atoms with Crippen molar-refractivity contribution < 1.29 is 0 Å². The predicted octanol–water partition coefficient (Wildman–Crippen LogP) is 3.50. The molecule has 2 aromatic carbocycles. The molecule has 2 atom stereocenters. The van der Waals surface area contributed by atoms with Crippen LogP contribution in [0.2, 0.25) is 0 Å². The summed E-state index contributed by atoms with van der Waals surface area (Å²) < 4.78 is 0. The first-order chi connectivity index (χ1) is 8.45. The highest BCUT2D eigenvalue weighted by Gasteiger charge is 2.28. The molecule has 1 aliphatic rings. The van der Waals surface area contributed by atoms with Crippen LogP contribution in [0.5, 0.6) is 0 Å². The number of hydrogen-bond donors (Lipinski definition) is 1. The molecule has 1 aliphatic heterocycles. The molecule has 0 bridgehead atoms. The van der Waals surface area contributed by atoms with Crippen LogP contribution in [0.1, 0.15) is 29.5 Å². The molecule has 1 heterocycles. The van der Waals surface area contributed by atoms with Crippen LogP contribution in [-0.2, 0) is 0 Å². The van der Waals surface area contributed by atoms with Gasteiger partial charge in [-0.25, -0.2) is 0 Å². The van der Waals surface area contributed by atoms with E-state index in [0.717, 1.165) is 6.54 Å². The standard InChI is InChI=1S/C16H17N/c1-3-7-13(8-4-1)15-11-12-17-16(15)14-9-5-2-6-10-14/h1-10,15-17H,11-12H2/t15-,16-/m0/s1. The van der Waals surface area contributed by atoms with Gasteiger partial charge in [-0.15, -0.1) is 0 Å². The molecule has 2 aromatic rings. The van der Waals surface area contributed by atoms with Crippen LogP contribution in [0, 0.1) is 0 Å². The molecule has 1 N–H and O–H groups in total. The number of benzene rings is 2. The van der Waals surface area contributed by atoms with E-state index in [1.807, 2.05) is 0 Å². The highest BCUT2D eigenvalue weighted by atomic mass is 15.0. The van der Waals surface area contributed by atoms with Crippen molar-refractivity contribution in [2.45, 2.75) is 18.4 Å². The van der Waals surface area contributed by atoms with Crippen molar-refractivity contribution in [1.29, 1.82) is 0 Å². The zero-order valence-electron chi connectivity index (χ0n) is 9.84. The first-order valence-electron chi connectivity index (χ1n) is 6.28. The van der Waals surface area contributed by atoms with Crippen LogP contribution in [0.3, 0.4) is 0 Å². The maximum atomic E-state index is 3.62. The molecule has 1 fully saturated rings. The third-order valence-corrected chi connectivity index (χ3v) is 3.61. The third kappa shape index (κ3) is 2.11. The molecule has 0 radical (unpaired) electrons. The van der Waals surface area contributed by atoms with E-state index in [1.54, 1.807) is 0 Å². The zero-order chi connectivity index (χ0) is 11.5. The van der Waals surface area contributed by atoms with E-state index in [4.69, 9.17) is 0 Å². The Morgan fingerprint density at radius 3 is 2.00 bits per heavy atom. The summed E-state index contributed by atoms with van der Waals surface area (Å²) in [6.07, 6.45) is 1.23. The fourth-order valence-electron chi connectivity index (χ4n) is 2.77. The molecule has 17 heavy (non-hydrogen) atoms. The van der Waals surface area contributed by atoms with Crippen LogP contribution < -0.4 is 5.32 Å². The summed E-state index contributed by atoms with van der Waals surface area (Å²) in [5, 5.41) is 3.62. The lowest BCUT2D eigenvalue weighted by Gasteiger charge is -2.20. The second-order valence-electron chi connectivity index (χ2n) is 4.65. The maximum Gasteiger partial charge on any atom is 0.0390 e. The van der Waals surface area contributed by atoms with Gasteiger partial charge in [-0.2, -0.15) is 0 Å².